The van der Waals surface area contributed by atoms with Crippen LogP contribution in [0.4, 0.5) is 0 Å². The lowest BCUT2D eigenvalue weighted by atomic mass is 10.1. The lowest BCUT2D eigenvalue weighted by Gasteiger charge is -2.25. The molecular formula is C16H35IN4O3S2. The van der Waals surface area contributed by atoms with Gasteiger partial charge in [0.25, 0.3) is 0 Å². The van der Waals surface area contributed by atoms with Crippen LogP contribution in [0.5, 0.6) is 0 Å². The van der Waals surface area contributed by atoms with Gasteiger partial charge in [-0.3, -0.25) is 4.99 Å². The van der Waals surface area contributed by atoms with Crippen molar-refractivity contribution in [3.63, 3.8) is 0 Å². The molecule has 1 fully saturated rings. The fourth-order valence-corrected chi connectivity index (χ4v) is 4.73. The van der Waals surface area contributed by atoms with Gasteiger partial charge in [0.15, 0.2) is 5.96 Å². The van der Waals surface area contributed by atoms with Crippen LogP contribution in [0.3, 0.4) is 0 Å². The Hall–Kier alpha value is 0.220. The number of sulfonamides is 1. The maximum atomic E-state index is 12.3. The monoisotopic (exact) mass is 522 g/mol. The first-order valence-corrected chi connectivity index (χ1v) is 11.9. The molecule has 1 aliphatic rings. The maximum Gasteiger partial charge on any atom is 0.215 e. The first-order chi connectivity index (χ1) is 12.0. The molecule has 0 unspecified atom stereocenters. The van der Waals surface area contributed by atoms with Crippen molar-refractivity contribution in [3.8, 4) is 0 Å². The van der Waals surface area contributed by atoms with Crippen molar-refractivity contribution in [3.05, 3.63) is 0 Å². The van der Waals surface area contributed by atoms with Gasteiger partial charge in [-0.15, -0.1) is 24.0 Å². The highest BCUT2D eigenvalue weighted by Crippen LogP contribution is 2.12. The highest BCUT2D eigenvalue weighted by molar-refractivity contribution is 14.0. The second kappa shape index (κ2) is 15.2. The molecule has 26 heavy (non-hydrogen) atoms. The summed E-state index contributed by atoms with van der Waals surface area (Å²) in [5.41, 5.74) is 0. The van der Waals surface area contributed by atoms with Crippen molar-refractivity contribution in [2.45, 2.75) is 27.2 Å². The predicted octanol–water partition coefficient (Wildman–Crippen LogP) is 1.60. The summed E-state index contributed by atoms with van der Waals surface area (Å²) in [6, 6.07) is 0. The van der Waals surface area contributed by atoms with Gasteiger partial charge < -0.3 is 15.4 Å². The van der Waals surface area contributed by atoms with E-state index in [0.29, 0.717) is 44.7 Å². The van der Waals surface area contributed by atoms with Crippen LogP contribution in [-0.2, 0) is 14.8 Å². The number of rotatable bonds is 11. The quantitative estimate of drug-likeness (QED) is 0.186. The van der Waals surface area contributed by atoms with E-state index in [4.69, 9.17) is 4.74 Å². The van der Waals surface area contributed by atoms with Crippen LogP contribution >= 0.6 is 35.7 Å². The fourth-order valence-electron chi connectivity index (χ4n) is 2.24. The summed E-state index contributed by atoms with van der Waals surface area (Å²) in [4.78, 5) is 4.42. The minimum absolute atomic E-state index is 0. The second-order valence-corrected chi connectivity index (χ2v) is 9.62. The molecule has 0 spiro atoms. The molecule has 0 aromatic carbocycles. The van der Waals surface area contributed by atoms with Crippen molar-refractivity contribution in [1.82, 2.24) is 14.9 Å². The van der Waals surface area contributed by atoms with Gasteiger partial charge in [0, 0.05) is 44.3 Å². The molecule has 1 rings (SSSR count). The third-order valence-corrected chi connectivity index (χ3v) is 6.52. The molecule has 1 aliphatic heterocycles. The first kappa shape index (κ1) is 26.2. The zero-order valence-electron chi connectivity index (χ0n) is 16.2. The molecule has 1 heterocycles. The predicted molar refractivity (Wildman–Crippen MR) is 122 cm³/mol. The summed E-state index contributed by atoms with van der Waals surface area (Å²) < 4.78 is 31.8. The Bertz CT molecular complexity index is 484. The van der Waals surface area contributed by atoms with E-state index < -0.39 is 10.0 Å². The van der Waals surface area contributed by atoms with Crippen LogP contribution in [0.15, 0.2) is 4.99 Å². The van der Waals surface area contributed by atoms with E-state index >= 15 is 0 Å². The van der Waals surface area contributed by atoms with Crippen molar-refractivity contribution >= 4 is 51.7 Å². The molecule has 0 atom stereocenters. The number of hydrogen-bond donors (Lipinski definition) is 2. The van der Waals surface area contributed by atoms with Gasteiger partial charge in [-0.1, -0.05) is 13.8 Å². The topological polar surface area (TPSA) is 83.0 Å². The average Bonchev–Trinajstić information content (AvgIpc) is 2.58. The largest absolute Gasteiger partial charge is 0.380 e. The van der Waals surface area contributed by atoms with E-state index in [2.05, 4.69) is 29.5 Å². The van der Waals surface area contributed by atoms with E-state index in [0.717, 1.165) is 31.1 Å². The zero-order valence-corrected chi connectivity index (χ0v) is 20.2. The van der Waals surface area contributed by atoms with E-state index in [1.54, 1.807) is 16.1 Å². The van der Waals surface area contributed by atoms with Gasteiger partial charge in [-0.25, -0.2) is 12.7 Å². The Balaban J connectivity index is 0.00000625. The lowest BCUT2D eigenvalue weighted by Crippen LogP contribution is -2.44. The van der Waals surface area contributed by atoms with Crippen molar-refractivity contribution in [1.29, 1.82) is 0 Å². The van der Waals surface area contributed by atoms with Crippen LogP contribution in [0.1, 0.15) is 27.2 Å². The van der Waals surface area contributed by atoms with E-state index in [1.807, 2.05) is 6.92 Å². The number of thioether (sulfide) groups is 1. The summed E-state index contributed by atoms with van der Waals surface area (Å²) >= 11 is 1.80. The number of hydrogen-bond acceptors (Lipinski definition) is 5. The number of guanidine groups is 1. The molecule has 7 nitrogen and oxygen atoms in total. The Kier molecular flexibility index (Phi) is 15.3. The fraction of sp³-hybridized carbons (Fsp3) is 0.938. The molecule has 0 saturated carbocycles. The average molecular weight is 523 g/mol. The number of halogens is 1. The van der Waals surface area contributed by atoms with Crippen molar-refractivity contribution in [2.24, 2.45) is 10.9 Å². The number of aliphatic imine (C=N–C) groups is 1. The maximum absolute atomic E-state index is 12.3. The summed E-state index contributed by atoms with van der Waals surface area (Å²) in [5.74, 6) is 3.14. The highest BCUT2D eigenvalue weighted by atomic mass is 127. The van der Waals surface area contributed by atoms with E-state index in [1.165, 1.54) is 0 Å². The summed E-state index contributed by atoms with van der Waals surface area (Å²) in [6.45, 7) is 10.5. The van der Waals surface area contributed by atoms with Gasteiger partial charge in [-0.05, 0) is 19.3 Å². The number of ether oxygens (including phenoxy) is 1. The van der Waals surface area contributed by atoms with E-state index in [9.17, 15) is 8.42 Å². The SMILES string of the molecule is CCNC(=NCCOCCC(C)C)NCCS(=O)(=O)N1CCSCC1.I. The smallest absolute Gasteiger partial charge is 0.215 e. The molecular weight excluding hydrogens is 487 g/mol. The molecule has 10 heteroatoms. The first-order valence-electron chi connectivity index (χ1n) is 9.11. The summed E-state index contributed by atoms with van der Waals surface area (Å²) in [6.07, 6.45) is 1.05. The molecule has 1 saturated heterocycles. The van der Waals surface area contributed by atoms with Crippen LogP contribution in [0.2, 0.25) is 0 Å². The van der Waals surface area contributed by atoms with Crippen LogP contribution in [-0.4, -0.2) is 81.9 Å². The third kappa shape index (κ3) is 11.8. The second-order valence-electron chi connectivity index (χ2n) is 6.31. The Labute approximate surface area is 180 Å². The molecule has 156 valence electrons. The van der Waals surface area contributed by atoms with Gasteiger partial charge in [-0.2, -0.15) is 11.8 Å². The molecule has 0 radical (unpaired) electrons. The van der Waals surface area contributed by atoms with Gasteiger partial charge in [0.05, 0.1) is 18.9 Å². The minimum Gasteiger partial charge on any atom is -0.380 e. The molecule has 0 aromatic rings. The van der Waals surface area contributed by atoms with Crippen LogP contribution < -0.4 is 10.6 Å². The molecule has 2 N–H and O–H groups in total. The van der Waals surface area contributed by atoms with Crippen molar-refractivity contribution < 1.29 is 13.2 Å². The summed E-state index contributed by atoms with van der Waals surface area (Å²) in [7, 11) is -3.18. The van der Waals surface area contributed by atoms with Crippen LogP contribution in [0, 0.1) is 5.92 Å². The highest BCUT2D eigenvalue weighted by Gasteiger charge is 2.23. The minimum atomic E-state index is -3.18. The zero-order chi connectivity index (χ0) is 18.5. The summed E-state index contributed by atoms with van der Waals surface area (Å²) in [5, 5.41) is 6.23. The lowest BCUT2D eigenvalue weighted by molar-refractivity contribution is 0.130. The molecule has 0 aliphatic carbocycles. The Morgan fingerprint density at radius 2 is 1.92 bits per heavy atom. The van der Waals surface area contributed by atoms with Gasteiger partial charge >= 0.3 is 0 Å². The molecule has 0 amide bonds. The molecule has 0 bridgehead atoms. The Morgan fingerprint density at radius 3 is 2.54 bits per heavy atom. The Morgan fingerprint density at radius 1 is 1.23 bits per heavy atom. The third-order valence-electron chi connectivity index (χ3n) is 3.71. The normalized spacial score (nSPS) is 16.4. The standard InChI is InChI=1S/C16H34N4O3S2.HI/c1-4-17-16(18-6-11-23-10-5-15(2)3)19-7-14-25(21,22)20-8-12-24-13-9-20;/h15H,4-14H2,1-3H3,(H2,17,18,19);1H. The number of nitrogens with zero attached hydrogens (tertiary/aromatic N) is 2. The number of nitrogens with one attached hydrogen (secondary N) is 2. The molecule has 0 aromatic heterocycles. The van der Waals surface area contributed by atoms with Crippen molar-refractivity contribution in [2.75, 3.05) is 63.2 Å². The van der Waals surface area contributed by atoms with Crippen LogP contribution in [0.25, 0.3) is 0 Å². The van der Waals surface area contributed by atoms with E-state index in [-0.39, 0.29) is 29.7 Å². The van der Waals surface area contributed by atoms with Gasteiger partial charge in [0.1, 0.15) is 0 Å². The van der Waals surface area contributed by atoms with Gasteiger partial charge in [0.2, 0.25) is 10.0 Å².